The number of carbonyl (C=O) groups is 3. The minimum atomic E-state index is -1.05. The Morgan fingerprint density at radius 1 is 1.26 bits per heavy atom. The lowest BCUT2D eigenvalue weighted by Gasteiger charge is -2.20. The van der Waals surface area contributed by atoms with Crippen molar-refractivity contribution in [3.8, 4) is 0 Å². The van der Waals surface area contributed by atoms with E-state index in [0.717, 1.165) is 0 Å². The maximum Gasteiger partial charge on any atom is 0.328 e. The summed E-state index contributed by atoms with van der Waals surface area (Å²) in [6, 6.07) is -1.81. The third-order valence-corrected chi connectivity index (χ3v) is 2.35. The van der Waals surface area contributed by atoms with Crippen LogP contribution in [0, 0.1) is 5.92 Å². The van der Waals surface area contributed by atoms with E-state index in [9.17, 15) is 14.4 Å². The SMILES string of the molecule is CCOC(=O)[C@H](CC(C)C)NC(=O)[C@@H](N)CC(N)=O. The lowest BCUT2D eigenvalue weighted by atomic mass is 10.0. The number of hydrogen-bond donors (Lipinski definition) is 3. The molecule has 0 saturated heterocycles. The van der Waals surface area contributed by atoms with Gasteiger partial charge in [0.15, 0.2) is 0 Å². The summed E-state index contributed by atoms with van der Waals surface area (Å²) in [5, 5.41) is 2.49. The molecule has 0 spiro atoms. The molecule has 0 aliphatic carbocycles. The van der Waals surface area contributed by atoms with Crippen LogP contribution in [0.5, 0.6) is 0 Å². The van der Waals surface area contributed by atoms with Gasteiger partial charge in [-0.3, -0.25) is 9.59 Å². The maximum atomic E-state index is 11.7. The molecule has 110 valence electrons. The van der Waals surface area contributed by atoms with Gasteiger partial charge in [-0.05, 0) is 19.3 Å². The second-order valence-corrected chi connectivity index (χ2v) is 4.72. The zero-order valence-corrected chi connectivity index (χ0v) is 11.6. The van der Waals surface area contributed by atoms with Crippen molar-refractivity contribution in [2.45, 2.75) is 45.7 Å². The predicted octanol–water partition coefficient (Wildman–Crippen LogP) is -0.717. The highest BCUT2D eigenvalue weighted by Gasteiger charge is 2.26. The third kappa shape index (κ3) is 7.40. The Labute approximate surface area is 113 Å². The minimum Gasteiger partial charge on any atom is -0.464 e. The van der Waals surface area contributed by atoms with Crippen LogP contribution in [0.25, 0.3) is 0 Å². The van der Waals surface area contributed by atoms with Crippen LogP contribution < -0.4 is 16.8 Å². The van der Waals surface area contributed by atoms with Crippen molar-refractivity contribution in [2.24, 2.45) is 17.4 Å². The van der Waals surface area contributed by atoms with Gasteiger partial charge in [0.2, 0.25) is 11.8 Å². The average molecular weight is 273 g/mol. The highest BCUT2D eigenvalue weighted by atomic mass is 16.5. The Morgan fingerprint density at radius 2 is 1.84 bits per heavy atom. The molecule has 19 heavy (non-hydrogen) atoms. The minimum absolute atomic E-state index is 0.196. The maximum absolute atomic E-state index is 11.7. The van der Waals surface area contributed by atoms with Crippen LogP contribution in [0.1, 0.15) is 33.6 Å². The van der Waals surface area contributed by atoms with Gasteiger partial charge < -0.3 is 21.5 Å². The molecule has 5 N–H and O–H groups in total. The Balaban J connectivity index is 4.58. The van der Waals surface area contributed by atoms with Crippen molar-refractivity contribution in [1.29, 1.82) is 0 Å². The van der Waals surface area contributed by atoms with Gasteiger partial charge in [0.1, 0.15) is 6.04 Å². The van der Waals surface area contributed by atoms with Crippen LogP contribution in [0.15, 0.2) is 0 Å². The fourth-order valence-corrected chi connectivity index (χ4v) is 1.52. The van der Waals surface area contributed by atoms with Crippen molar-refractivity contribution < 1.29 is 19.1 Å². The van der Waals surface area contributed by atoms with Gasteiger partial charge in [-0.15, -0.1) is 0 Å². The third-order valence-electron chi connectivity index (χ3n) is 2.35. The van der Waals surface area contributed by atoms with E-state index in [1.807, 2.05) is 13.8 Å². The standard InChI is InChI=1S/C12H23N3O4/c1-4-19-12(18)9(5-7(2)3)15-11(17)8(13)6-10(14)16/h7-9H,4-6,13H2,1-3H3,(H2,14,16)(H,15,17)/t8-,9-/m0/s1. The quantitative estimate of drug-likeness (QED) is 0.503. The summed E-state index contributed by atoms with van der Waals surface area (Å²) < 4.78 is 4.88. The summed E-state index contributed by atoms with van der Waals surface area (Å²) in [6.45, 7) is 5.76. The van der Waals surface area contributed by atoms with E-state index in [0.29, 0.717) is 6.42 Å². The first kappa shape index (κ1) is 17.4. The van der Waals surface area contributed by atoms with Gasteiger partial charge in [-0.25, -0.2) is 4.79 Å². The summed E-state index contributed by atoms with van der Waals surface area (Å²) >= 11 is 0. The van der Waals surface area contributed by atoms with Gasteiger partial charge in [-0.2, -0.15) is 0 Å². The Morgan fingerprint density at radius 3 is 2.26 bits per heavy atom. The molecule has 0 unspecified atom stereocenters. The first-order valence-electron chi connectivity index (χ1n) is 6.28. The van der Waals surface area contributed by atoms with Gasteiger partial charge in [0.05, 0.1) is 19.1 Å². The molecule has 0 aliphatic rings. The molecule has 0 saturated carbocycles. The van der Waals surface area contributed by atoms with Crippen LogP contribution in [-0.4, -0.2) is 36.5 Å². The number of primary amides is 1. The van der Waals surface area contributed by atoms with Crippen LogP contribution in [0.2, 0.25) is 0 Å². The van der Waals surface area contributed by atoms with Crippen molar-refractivity contribution in [2.75, 3.05) is 6.61 Å². The molecule has 0 aliphatic heterocycles. The van der Waals surface area contributed by atoms with Gasteiger partial charge in [-0.1, -0.05) is 13.8 Å². The number of esters is 1. The number of nitrogens with one attached hydrogen (secondary N) is 1. The molecule has 2 amide bonds. The number of ether oxygens (including phenoxy) is 1. The fourth-order valence-electron chi connectivity index (χ4n) is 1.52. The molecule has 0 bridgehead atoms. The van der Waals surface area contributed by atoms with Crippen LogP contribution in [0.4, 0.5) is 0 Å². The lowest BCUT2D eigenvalue weighted by molar-refractivity contribution is -0.148. The van der Waals surface area contributed by atoms with Gasteiger partial charge in [0, 0.05) is 0 Å². The highest BCUT2D eigenvalue weighted by Crippen LogP contribution is 2.07. The zero-order chi connectivity index (χ0) is 15.0. The monoisotopic (exact) mass is 273 g/mol. The van der Waals surface area contributed by atoms with E-state index in [4.69, 9.17) is 16.2 Å². The normalized spacial score (nSPS) is 13.7. The molecule has 0 radical (unpaired) electrons. The summed E-state index contributed by atoms with van der Waals surface area (Å²) in [5.41, 5.74) is 10.5. The lowest BCUT2D eigenvalue weighted by Crippen LogP contribution is -2.50. The summed E-state index contributed by atoms with van der Waals surface area (Å²) in [5.74, 6) is -1.56. The topological polar surface area (TPSA) is 125 Å². The van der Waals surface area contributed by atoms with Crippen molar-refractivity contribution in [3.05, 3.63) is 0 Å². The van der Waals surface area contributed by atoms with E-state index in [-0.39, 0.29) is 18.9 Å². The number of amides is 2. The zero-order valence-electron chi connectivity index (χ0n) is 11.6. The number of rotatable bonds is 8. The first-order chi connectivity index (χ1) is 8.77. The fraction of sp³-hybridized carbons (Fsp3) is 0.750. The molecule has 2 atom stereocenters. The molecule has 0 fully saturated rings. The van der Waals surface area contributed by atoms with Crippen LogP contribution in [0.3, 0.4) is 0 Å². The molecule has 7 nitrogen and oxygen atoms in total. The van der Waals surface area contributed by atoms with E-state index in [1.54, 1.807) is 6.92 Å². The molecular formula is C12H23N3O4. The van der Waals surface area contributed by atoms with Gasteiger partial charge >= 0.3 is 5.97 Å². The Hall–Kier alpha value is -1.63. The van der Waals surface area contributed by atoms with E-state index in [2.05, 4.69) is 5.32 Å². The summed E-state index contributed by atoms with van der Waals surface area (Å²) in [6.07, 6.45) is 0.178. The highest BCUT2D eigenvalue weighted by molar-refractivity contribution is 5.90. The Bertz CT molecular complexity index is 331. The van der Waals surface area contributed by atoms with Crippen molar-refractivity contribution in [1.82, 2.24) is 5.32 Å². The number of hydrogen-bond acceptors (Lipinski definition) is 5. The van der Waals surface area contributed by atoms with E-state index in [1.165, 1.54) is 0 Å². The summed E-state index contributed by atoms with van der Waals surface area (Å²) in [7, 11) is 0. The predicted molar refractivity (Wildman–Crippen MR) is 69.8 cm³/mol. The molecule has 0 rings (SSSR count). The average Bonchev–Trinajstić information content (AvgIpc) is 2.26. The molecule has 7 heteroatoms. The van der Waals surface area contributed by atoms with Crippen LogP contribution in [-0.2, 0) is 19.1 Å². The van der Waals surface area contributed by atoms with E-state index >= 15 is 0 Å². The molecule has 0 heterocycles. The van der Waals surface area contributed by atoms with Crippen molar-refractivity contribution >= 4 is 17.8 Å². The second-order valence-electron chi connectivity index (χ2n) is 4.72. The van der Waals surface area contributed by atoms with E-state index < -0.39 is 29.9 Å². The smallest absolute Gasteiger partial charge is 0.328 e. The molecular weight excluding hydrogens is 250 g/mol. The number of nitrogens with two attached hydrogens (primary N) is 2. The van der Waals surface area contributed by atoms with Crippen molar-refractivity contribution in [3.63, 3.8) is 0 Å². The summed E-state index contributed by atoms with van der Waals surface area (Å²) in [4.78, 5) is 34.1. The molecule has 0 aromatic carbocycles. The Kier molecular flexibility index (Phi) is 7.74. The molecule has 0 aromatic heterocycles. The second kappa shape index (κ2) is 8.47. The van der Waals surface area contributed by atoms with Crippen LogP contribution >= 0.6 is 0 Å². The number of carbonyl (C=O) groups excluding carboxylic acids is 3. The first-order valence-corrected chi connectivity index (χ1v) is 6.28. The molecule has 0 aromatic rings. The largest absolute Gasteiger partial charge is 0.464 e. The van der Waals surface area contributed by atoms with Gasteiger partial charge in [0.25, 0.3) is 0 Å².